The van der Waals surface area contributed by atoms with Gasteiger partial charge >= 0.3 is 0 Å². The first kappa shape index (κ1) is 15.7. The van der Waals surface area contributed by atoms with Gasteiger partial charge in [-0.1, -0.05) is 35.9 Å². The van der Waals surface area contributed by atoms with E-state index in [1.54, 1.807) is 30.3 Å². The molecule has 0 atom stereocenters. The van der Waals surface area contributed by atoms with Gasteiger partial charge in [-0.25, -0.2) is 4.39 Å². The number of nitrogens with zero attached hydrogens (tertiary/aromatic N) is 1. The van der Waals surface area contributed by atoms with Crippen molar-refractivity contribution in [3.63, 3.8) is 0 Å². The Morgan fingerprint density at radius 2 is 1.95 bits per heavy atom. The fraction of sp³-hybridized carbons (Fsp3) is 0.235. The molecule has 2 aromatic rings. The zero-order valence-corrected chi connectivity index (χ0v) is 12.6. The molecule has 4 heteroatoms. The molecule has 21 heavy (non-hydrogen) atoms. The molecule has 2 aromatic carbocycles. The molecule has 0 aliphatic carbocycles. The zero-order valence-electron chi connectivity index (χ0n) is 11.9. The van der Waals surface area contributed by atoms with Gasteiger partial charge in [0, 0.05) is 30.1 Å². The van der Waals surface area contributed by atoms with Crippen molar-refractivity contribution in [2.75, 3.05) is 13.6 Å². The van der Waals surface area contributed by atoms with E-state index in [-0.39, 0.29) is 11.6 Å². The summed E-state index contributed by atoms with van der Waals surface area (Å²) in [7, 11) is 1.91. The van der Waals surface area contributed by atoms with Crippen LogP contribution in [0.5, 0.6) is 0 Å². The normalized spacial score (nSPS) is 10.9. The molecule has 0 amide bonds. The molecule has 0 aliphatic rings. The van der Waals surface area contributed by atoms with Crippen LogP contribution < -0.4 is 0 Å². The molecule has 0 fully saturated rings. The molecular formula is C17H17ClFNO. The van der Waals surface area contributed by atoms with Crippen LogP contribution in [0.2, 0.25) is 5.02 Å². The highest BCUT2D eigenvalue weighted by atomic mass is 35.5. The van der Waals surface area contributed by atoms with Gasteiger partial charge in [-0.05, 0) is 36.9 Å². The first-order valence-corrected chi connectivity index (χ1v) is 7.14. The van der Waals surface area contributed by atoms with E-state index >= 15 is 0 Å². The molecule has 0 saturated heterocycles. The second-order valence-corrected chi connectivity index (χ2v) is 5.49. The van der Waals surface area contributed by atoms with Crippen LogP contribution in [-0.4, -0.2) is 24.3 Å². The van der Waals surface area contributed by atoms with Crippen LogP contribution in [-0.2, 0) is 6.54 Å². The number of halogens is 2. The Kier molecular flexibility index (Phi) is 5.48. The lowest BCUT2D eigenvalue weighted by molar-refractivity contribution is 0.0968. The van der Waals surface area contributed by atoms with Crippen LogP contribution in [0.25, 0.3) is 0 Å². The minimum Gasteiger partial charge on any atom is -0.302 e. The van der Waals surface area contributed by atoms with Gasteiger partial charge in [0.25, 0.3) is 0 Å². The Balaban J connectivity index is 1.86. The number of carbonyl (C=O) groups is 1. The maximum Gasteiger partial charge on any atom is 0.164 e. The number of ketones is 1. The van der Waals surface area contributed by atoms with Crippen LogP contribution in [0.3, 0.4) is 0 Å². The third-order valence-electron chi connectivity index (χ3n) is 3.21. The van der Waals surface area contributed by atoms with Crippen molar-refractivity contribution in [3.05, 3.63) is 70.5 Å². The Morgan fingerprint density at radius 3 is 2.67 bits per heavy atom. The average molecular weight is 306 g/mol. The summed E-state index contributed by atoms with van der Waals surface area (Å²) in [4.78, 5) is 14.1. The van der Waals surface area contributed by atoms with Crippen LogP contribution in [0.4, 0.5) is 4.39 Å². The van der Waals surface area contributed by atoms with Crippen molar-refractivity contribution in [2.45, 2.75) is 13.0 Å². The summed E-state index contributed by atoms with van der Waals surface area (Å²) in [5, 5.41) is 0.564. The van der Waals surface area contributed by atoms with E-state index in [1.807, 2.05) is 18.0 Å². The minimum atomic E-state index is -0.240. The fourth-order valence-electron chi connectivity index (χ4n) is 2.12. The third kappa shape index (κ3) is 4.96. The molecular weight excluding hydrogens is 289 g/mol. The molecule has 0 saturated carbocycles. The third-order valence-corrected chi connectivity index (χ3v) is 3.44. The van der Waals surface area contributed by atoms with E-state index in [9.17, 15) is 9.18 Å². The topological polar surface area (TPSA) is 20.3 Å². The Morgan fingerprint density at radius 1 is 1.19 bits per heavy atom. The van der Waals surface area contributed by atoms with Crippen LogP contribution in [0, 0.1) is 5.82 Å². The molecule has 110 valence electrons. The number of carbonyl (C=O) groups excluding carboxylic acids is 1. The molecule has 0 unspecified atom stereocenters. The van der Waals surface area contributed by atoms with Crippen molar-refractivity contribution in [3.8, 4) is 0 Å². The summed E-state index contributed by atoms with van der Waals surface area (Å²) >= 11 is 5.88. The van der Waals surface area contributed by atoms with E-state index in [2.05, 4.69) is 0 Å². The summed E-state index contributed by atoms with van der Waals surface area (Å²) in [5.41, 5.74) is 1.52. The summed E-state index contributed by atoms with van der Waals surface area (Å²) in [6, 6.07) is 13.5. The summed E-state index contributed by atoms with van der Waals surface area (Å²) < 4.78 is 13.1. The summed E-state index contributed by atoms with van der Waals surface area (Å²) in [6.45, 7) is 1.22. The Hall–Kier alpha value is -1.71. The van der Waals surface area contributed by atoms with Gasteiger partial charge in [-0.3, -0.25) is 4.79 Å². The smallest absolute Gasteiger partial charge is 0.164 e. The van der Waals surface area contributed by atoms with Crippen LogP contribution >= 0.6 is 11.6 Å². The molecule has 0 heterocycles. The Bertz CT molecular complexity index is 630. The predicted octanol–water partition coefficient (Wildman–Crippen LogP) is 4.18. The largest absolute Gasteiger partial charge is 0.302 e. The number of rotatable bonds is 6. The highest BCUT2D eigenvalue weighted by molar-refractivity contribution is 6.31. The van der Waals surface area contributed by atoms with Crippen molar-refractivity contribution in [1.29, 1.82) is 0 Å². The molecule has 2 nitrogen and oxygen atoms in total. The van der Waals surface area contributed by atoms with E-state index in [4.69, 9.17) is 11.6 Å². The standard InChI is InChI=1S/C17H17ClFNO/c1-20(12-13-4-2-7-16(19)10-13)9-8-17(21)14-5-3-6-15(18)11-14/h2-7,10-11H,8-9,12H2,1H3. The summed E-state index contributed by atoms with van der Waals surface area (Å²) in [5.74, 6) is -0.181. The minimum absolute atomic E-state index is 0.0589. The van der Waals surface area contributed by atoms with Gasteiger partial charge in [0.05, 0.1) is 0 Å². The highest BCUT2D eigenvalue weighted by Gasteiger charge is 2.08. The number of hydrogen-bond donors (Lipinski definition) is 0. The number of hydrogen-bond acceptors (Lipinski definition) is 2. The average Bonchev–Trinajstić information content (AvgIpc) is 2.45. The van der Waals surface area contributed by atoms with E-state index in [1.165, 1.54) is 12.1 Å². The second kappa shape index (κ2) is 7.34. The van der Waals surface area contributed by atoms with E-state index < -0.39 is 0 Å². The molecule has 0 bridgehead atoms. The zero-order chi connectivity index (χ0) is 15.2. The van der Waals surface area contributed by atoms with Gasteiger partial charge in [-0.15, -0.1) is 0 Å². The molecule has 0 N–H and O–H groups in total. The van der Waals surface area contributed by atoms with Crippen molar-refractivity contribution < 1.29 is 9.18 Å². The van der Waals surface area contributed by atoms with Gasteiger partial charge in [0.2, 0.25) is 0 Å². The molecule has 2 rings (SSSR count). The maximum atomic E-state index is 13.1. The first-order chi connectivity index (χ1) is 10.0. The van der Waals surface area contributed by atoms with Gasteiger partial charge in [0.1, 0.15) is 5.82 Å². The maximum absolute atomic E-state index is 13.1. The molecule has 0 aliphatic heterocycles. The van der Waals surface area contributed by atoms with Crippen molar-refractivity contribution in [2.24, 2.45) is 0 Å². The highest BCUT2D eigenvalue weighted by Crippen LogP contribution is 2.13. The summed E-state index contributed by atoms with van der Waals surface area (Å²) in [6.07, 6.45) is 0.409. The second-order valence-electron chi connectivity index (χ2n) is 5.05. The lowest BCUT2D eigenvalue weighted by Crippen LogP contribution is -2.21. The van der Waals surface area contributed by atoms with Gasteiger partial charge in [-0.2, -0.15) is 0 Å². The molecule has 0 radical (unpaired) electrons. The molecule has 0 aromatic heterocycles. The van der Waals surface area contributed by atoms with Crippen molar-refractivity contribution >= 4 is 17.4 Å². The van der Waals surface area contributed by atoms with Gasteiger partial charge < -0.3 is 4.90 Å². The van der Waals surface area contributed by atoms with Gasteiger partial charge in [0.15, 0.2) is 5.78 Å². The van der Waals surface area contributed by atoms with E-state index in [0.29, 0.717) is 30.1 Å². The van der Waals surface area contributed by atoms with Crippen LogP contribution in [0.15, 0.2) is 48.5 Å². The lowest BCUT2D eigenvalue weighted by Gasteiger charge is -2.16. The Labute approximate surface area is 129 Å². The fourth-order valence-corrected chi connectivity index (χ4v) is 2.32. The lowest BCUT2D eigenvalue weighted by atomic mass is 10.1. The first-order valence-electron chi connectivity index (χ1n) is 6.76. The number of benzene rings is 2. The molecule has 0 spiro atoms. The van der Waals surface area contributed by atoms with Crippen molar-refractivity contribution in [1.82, 2.24) is 4.90 Å². The van der Waals surface area contributed by atoms with Crippen LogP contribution in [0.1, 0.15) is 22.3 Å². The number of Topliss-reactive ketones (excluding diaryl/α,β-unsaturated/α-hetero) is 1. The predicted molar refractivity (Wildman–Crippen MR) is 83.1 cm³/mol. The van der Waals surface area contributed by atoms with E-state index in [0.717, 1.165) is 5.56 Å². The monoisotopic (exact) mass is 305 g/mol. The SMILES string of the molecule is CN(CCC(=O)c1cccc(Cl)c1)Cc1cccc(F)c1. The quantitative estimate of drug-likeness (QED) is 0.746.